The highest BCUT2D eigenvalue weighted by Gasteiger charge is 2.25. The SMILES string of the molecule is CC(O)(CN)Cc1nc(C2CCCCS2)no1. The fraction of sp³-hybridized carbons (Fsp3) is 0.818. The van der Waals surface area contributed by atoms with E-state index in [9.17, 15) is 5.11 Å². The lowest BCUT2D eigenvalue weighted by atomic mass is 10.0. The summed E-state index contributed by atoms with van der Waals surface area (Å²) in [5.41, 5.74) is 4.49. The minimum Gasteiger partial charge on any atom is -0.388 e. The van der Waals surface area contributed by atoms with Crippen LogP contribution in [0.25, 0.3) is 0 Å². The Morgan fingerprint density at radius 2 is 2.41 bits per heavy atom. The molecule has 1 aromatic rings. The maximum absolute atomic E-state index is 9.84. The molecule has 0 bridgehead atoms. The van der Waals surface area contributed by atoms with Crippen molar-refractivity contribution in [3.63, 3.8) is 0 Å². The first-order valence-electron chi connectivity index (χ1n) is 5.97. The van der Waals surface area contributed by atoms with Crippen molar-refractivity contribution in [1.29, 1.82) is 0 Å². The molecule has 1 fully saturated rings. The van der Waals surface area contributed by atoms with Gasteiger partial charge in [0.2, 0.25) is 5.89 Å². The second-order valence-electron chi connectivity index (χ2n) is 4.78. The van der Waals surface area contributed by atoms with Crippen LogP contribution in [0.4, 0.5) is 0 Å². The minimum atomic E-state index is -0.969. The third-order valence-corrected chi connectivity index (χ3v) is 4.30. The van der Waals surface area contributed by atoms with Gasteiger partial charge in [-0.2, -0.15) is 16.7 Å². The summed E-state index contributed by atoms with van der Waals surface area (Å²) in [6.07, 6.45) is 3.92. The maximum Gasteiger partial charge on any atom is 0.229 e. The van der Waals surface area contributed by atoms with Crippen LogP contribution < -0.4 is 5.73 Å². The normalized spacial score (nSPS) is 24.5. The van der Waals surface area contributed by atoms with Crippen LogP contribution in [0.5, 0.6) is 0 Å². The third-order valence-electron chi connectivity index (χ3n) is 2.92. The van der Waals surface area contributed by atoms with Crippen molar-refractivity contribution >= 4 is 11.8 Å². The number of hydrogen-bond donors (Lipinski definition) is 2. The van der Waals surface area contributed by atoms with Gasteiger partial charge >= 0.3 is 0 Å². The van der Waals surface area contributed by atoms with Gasteiger partial charge in [-0.15, -0.1) is 0 Å². The zero-order chi connectivity index (χ0) is 12.3. The first-order valence-corrected chi connectivity index (χ1v) is 7.02. The van der Waals surface area contributed by atoms with Gasteiger partial charge in [0.05, 0.1) is 17.3 Å². The highest BCUT2D eigenvalue weighted by Crippen LogP contribution is 2.36. The molecule has 1 aromatic heterocycles. The van der Waals surface area contributed by atoms with E-state index >= 15 is 0 Å². The van der Waals surface area contributed by atoms with Crippen molar-refractivity contribution in [3.05, 3.63) is 11.7 Å². The average Bonchev–Trinajstić information content (AvgIpc) is 2.78. The minimum absolute atomic E-state index is 0.183. The molecule has 2 rings (SSSR count). The Morgan fingerprint density at radius 1 is 1.59 bits per heavy atom. The summed E-state index contributed by atoms with van der Waals surface area (Å²) in [6, 6.07) is 0. The molecule has 0 spiro atoms. The number of thioether (sulfide) groups is 1. The molecule has 0 saturated carbocycles. The third kappa shape index (κ3) is 3.43. The summed E-state index contributed by atoms with van der Waals surface area (Å²) in [5, 5.41) is 14.2. The van der Waals surface area contributed by atoms with Gasteiger partial charge in [0.1, 0.15) is 0 Å². The molecule has 96 valence electrons. The van der Waals surface area contributed by atoms with Gasteiger partial charge in [-0.05, 0) is 25.5 Å². The lowest BCUT2D eigenvalue weighted by Gasteiger charge is -2.18. The van der Waals surface area contributed by atoms with Gasteiger partial charge in [0.15, 0.2) is 5.82 Å². The summed E-state index contributed by atoms with van der Waals surface area (Å²) in [7, 11) is 0. The molecule has 0 amide bonds. The molecular weight excluding hydrogens is 238 g/mol. The molecule has 0 aliphatic carbocycles. The summed E-state index contributed by atoms with van der Waals surface area (Å²) in [5.74, 6) is 2.40. The Bertz CT molecular complexity index is 361. The van der Waals surface area contributed by atoms with Crippen LogP contribution in [-0.4, -0.2) is 33.1 Å². The van der Waals surface area contributed by atoms with Crippen molar-refractivity contribution in [2.24, 2.45) is 5.73 Å². The number of nitrogens with two attached hydrogens (primary N) is 1. The molecule has 5 nitrogen and oxygen atoms in total. The fourth-order valence-corrected chi connectivity index (χ4v) is 3.05. The van der Waals surface area contributed by atoms with Crippen molar-refractivity contribution in [2.75, 3.05) is 12.3 Å². The molecule has 3 N–H and O–H groups in total. The van der Waals surface area contributed by atoms with E-state index in [1.54, 1.807) is 6.92 Å². The highest BCUT2D eigenvalue weighted by molar-refractivity contribution is 7.99. The summed E-state index contributed by atoms with van der Waals surface area (Å²) in [4.78, 5) is 4.35. The summed E-state index contributed by atoms with van der Waals surface area (Å²) < 4.78 is 5.17. The van der Waals surface area contributed by atoms with Crippen molar-refractivity contribution < 1.29 is 9.63 Å². The van der Waals surface area contributed by atoms with E-state index in [4.69, 9.17) is 10.3 Å². The van der Waals surface area contributed by atoms with E-state index in [0.29, 0.717) is 17.6 Å². The van der Waals surface area contributed by atoms with Crippen LogP contribution in [-0.2, 0) is 6.42 Å². The zero-order valence-corrected chi connectivity index (χ0v) is 10.9. The highest BCUT2D eigenvalue weighted by atomic mass is 32.2. The number of rotatable bonds is 4. The number of nitrogens with zero attached hydrogens (tertiary/aromatic N) is 2. The lowest BCUT2D eigenvalue weighted by Crippen LogP contribution is -2.36. The van der Waals surface area contributed by atoms with Crippen molar-refractivity contribution in [3.8, 4) is 0 Å². The van der Waals surface area contributed by atoms with E-state index in [-0.39, 0.29) is 6.54 Å². The largest absolute Gasteiger partial charge is 0.388 e. The molecule has 0 radical (unpaired) electrons. The summed E-state index contributed by atoms with van der Waals surface area (Å²) >= 11 is 1.88. The molecule has 2 unspecified atom stereocenters. The molecule has 1 aliphatic heterocycles. The lowest BCUT2D eigenvalue weighted by molar-refractivity contribution is 0.0610. The van der Waals surface area contributed by atoms with Crippen LogP contribution in [0, 0.1) is 0 Å². The van der Waals surface area contributed by atoms with E-state index in [0.717, 1.165) is 18.0 Å². The monoisotopic (exact) mass is 257 g/mol. The molecule has 2 atom stereocenters. The van der Waals surface area contributed by atoms with Crippen LogP contribution in [0.2, 0.25) is 0 Å². The molecule has 1 aliphatic rings. The second kappa shape index (κ2) is 5.37. The van der Waals surface area contributed by atoms with Gasteiger partial charge in [-0.25, -0.2) is 0 Å². The predicted octanol–water partition coefficient (Wildman–Crippen LogP) is 1.28. The van der Waals surface area contributed by atoms with Gasteiger partial charge in [0, 0.05) is 6.54 Å². The Balaban J connectivity index is 2.00. The van der Waals surface area contributed by atoms with Gasteiger partial charge in [0.25, 0.3) is 0 Å². The first-order chi connectivity index (χ1) is 8.11. The molecule has 17 heavy (non-hydrogen) atoms. The van der Waals surface area contributed by atoms with Crippen molar-refractivity contribution in [1.82, 2.24) is 10.1 Å². The number of aliphatic hydroxyl groups is 1. The number of hydrogen-bond acceptors (Lipinski definition) is 6. The maximum atomic E-state index is 9.84. The molecular formula is C11H19N3O2S. The standard InChI is InChI=1S/C11H19N3O2S/c1-11(15,7-12)6-9-13-10(14-16-9)8-4-2-3-5-17-8/h8,15H,2-7,12H2,1H3. The van der Waals surface area contributed by atoms with Crippen LogP contribution in [0.15, 0.2) is 4.52 Å². The summed E-state index contributed by atoms with van der Waals surface area (Å²) in [6.45, 7) is 1.86. The molecule has 0 aromatic carbocycles. The Morgan fingerprint density at radius 3 is 3.06 bits per heavy atom. The first kappa shape index (κ1) is 12.9. The van der Waals surface area contributed by atoms with Gasteiger partial charge in [-0.1, -0.05) is 11.6 Å². The fourth-order valence-electron chi connectivity index (χ4n) is 1.81. The van der Waals surface area contributed by atoms with Crippen molar-refractivity contribution in [2.45, 2.75) is 43.5 Å². The predicted molar refractivity (Wildman–Crippen MR) is 66.7 cm³/mol. The van der Waals surface area contributed by atoms with Crippen LogP contribution >= 0.6 is 11.8 Å². The van der Waals surface area contributed by atoms with E-state index in [2.05, 4.69) is 10.1 Å². The molecule has 1 saturated heterocycles. The quantitative estimate of drug-likeness (QED) is 0.845. The van der Waals surface area contributed by atoms with E-state index < -0.39 is 5.60 Å². The van der Waals surface area contributed by atoms with Gasteiger partial charge in [-0.3, -0.25) is 0 Å². The average molecular weight is 257 g/mol. The van der Waals surface area contributed by atoms with Crippen LogP contribution in [0.3, 0.4) is 0 Å². The topological polar surface area (TPSA) is 85.2 Å². The molecule has 6 heteroatoms. The van der Waals surface area contributed by atoms with E-state index in [1.165, 1.54) is 12.8 Å². The van der Waals surface area contributed by atoms with Crippen LogP contribution in [0.1, 0.15) is 43.2 Å². The Labute approximate surface area is 105 Å². The second-order valence-corrected chi connectivity index (χ2v) is 6.09. The van der Waals surface area contributed by atoms with E-state index in [1.807, 2.05) is 11.8 Å². The smallest absolute Gasteiger partial charge is 0.229 e. The Kier molecular flexibility index (Phi) is 4.06. The molecule has 2 heterocycles. The van der Waals surface area contributed by atoms with Gasteiger partial charge < -0.3 is 15.4 Å². The number of aromatic nitrogens is 2. The Hall–Kier alpha value is -0.590. The zero-order valence-electron chi connectivity index (χ0n) is 10.1.